The number of amides is 1. The number of aliphatic carboxylic acids is 1. The molecule has 1 unspecified atom stereocenters. The first kappa shape index (κ1) is 12.6. The fourth-order valence-electron chi connectivity index (χ4n) is 2.48. The number of carbonyl (C=O) groups is 2. The zero-order chi connectivity index (χ0) is 13.4. The largest absolute Gasteiger partial charge is 0.480 e. The second-order valence-electron chi connectivity index (χ2n) is 5.19. The van der Waals surface area contributed by atoms with Gasteiger partial charge >= 0.3 is 5.97 Å². The van der Waals surface area contributed by atoms with Crippen LogP contribution < -0.4 is 0 Å². The van der Waals surface area contributed by atoms with Crippen molar-refractivity contribution in [2.45, 2.75) is 44.1 Å². The summed E-state index contributed by atoms with van der Waals surface area (Å²) in [6, 6.07) is -0.688. The molecule has 1 saturated heterocycles. The number of carboxylic acid groups (broad SMARTS) is 1. The van der Waals surface area contributed by atoms with Crippen molar-refractivity contribution >= 4 is 23.2 Å². The Kier molecular flexibility index (Phi) is 3.26. The molecule has 1 aromatic heterocycles. The molecule has 5 nitrogen and oxygen atoms in total. The number of likely N-dealkylation sites (tertiary alicyclic amines) is 1. The van der Waals surface area contributed by atoms with Gasteiger partial charge in [-0.25, -0.2) is 9.78 Å². The van der Waals surface area contributed by atoms with E-state index < -0.39 is 12.0 Å². The molecule has 102 valence electrons. The molecular weight excluding hydrogens is 264 g/mol. The summed E-state index contributed by atoms with van der Waals surface area (Å²) in [4.78, 5) is 29.4. The Labute approximate surface area is 115 Å². The number of rotatable bonds is 3. The van der Waals surface area contributed by atoms with Crippen LogP contribution in [-0.4, -0.2) is 39.5 Å². The summed E-state index contributed by atoms with van der Waals surface area (Å²) in [5.74, 6) is -0.607. The highest BCUT2D eigenvalue weighted by Crippen LogP contribution is 2.41. The highest BCUT2D eigenvalue weighted by molar-refractivity contribution is 7.10. The Bertz CT molecular complexity index is 510. The topological polar surface area (TPSA) is 70.5 Å². The Hall–Kier alpha value is -1.43. The third-order valence-electron chi connectivity index (χ3n) is 3.72. The van der Waals surface area contributed by atoms with E-state index in [1.54, 1.807) is 5.38 Å². The average Bonchev–Trinajstić information content (AvgIpc) is 3.16. The lowest BCUT2D eigenvalue weighted by molar-refractivity contribution is -0.143. The van der Waals surface area contributed by atoms with Crippen LogP contribution in [0.15, 0.2) is 5.38 Å². The number of aromatic nitrogens is 1. The molecule has 1 saturated carbocycles. The van der Waals surface area contributed by atoms with E-state index in [2.05, 4.69) is 4.98 Å². The number of piperidine rings is 1. The van der Waals surface area contributed by atoms with Crippen LogP contribution in [0, 0.1) is 0 Å². The van der Waals surface area contributed by atoms with Crippen LogP contribution in [-0.2, 0) is 4.79 Å². The van der Waals surface area contributed by atoms with Crippen LogP contribution in [0.25, 0.3) is 0 Å². The lowest BCUT2D eigenvalue weighted by atomic mass is 10.0. The van der Waals surface area contributed by atoms with E-state index >= 15 is 0 Å². The number of carboxylic acids is 1. The van der Waals surface area contributed by atoms with Gasteiger partial charge in [0, 0.05) is 17.8 Å². The number of carbonyl (C=O) groups excluding carboxylic acids is 1. The van der Waals surface area contributed by atoms with E-state index in [0.717, 1.165) is 30.7 Å². The molecule has 0 aromatic carbocycles. The molecule has 1 N–H and O–H groups in total. The highest BCUT2D eigenvalue weighted by atomic mass is 32.1. The molecule has 1 amide bonds. The Morgan fingerprint density at radius 2 is 2.11 bits per heavy atom. The van der Waals surface area contributed by atoms with Crippen molar-refractivity contribution in [3.8, 4) is 0 Å². The molecule has 1 aromatic rings. The van der Waals surface area contributed by atoms with Crippen LogP contribution in [0.3, 0.4) is 0 Å². The van der Waals surface area contributed by atoms with Crippen LogP contribution in [0.1, 0.15) is 53.5 Å². The number of hydrogen-bond acceptors (Lipinski definition) is 4. The van der Waals surface area contributed by atoms with Crippen LogP contribution >= 0.6 is 11.3 Å². The molecule has 2 aliphatic rings. The maximum absolute atomic E-state index is 12.4. The van der Waals surface area contributed by atoms with Crippen LogP contribution in [0.4, 0.5) is 0 Å². The van der Waals surface area contributed by atoms with Crippen molar-refractivity contribution in [1.29, 1.82) is 0 Å². The molecule has 0 spiro atoms. The lowest BCUT2D eigenvalue weighted by Crippen LogP contribution is -2.48. The Balaban J connectivity index is 1.78. The second kappa shape index (κ2) is 4.92. The van der Waals surface area contributed by atoms with Gasteiger partial charge in [0.05, 0.1) is 5.01 Å². The van der Waals surface area contributed by atoms with Crippen molar-refractivity contribution in [3.63, 3.8) is 0 Å². The maximum atomic E-state index is 12.4. The van der Waals surface area contributed by atoms with E-state index in [1.165, 1.54) is 16.2 Å². The van der Waals surface area contributed by atoms with Gasteiger partial charge in [-0.2, -0.15) is 0 Å². The summed E-state index contributed by atoms with van der Waals surface area (Å²) < 4.78 is 0. The first-order valence-corrected chi connectivity index (χ1v) is 7.54. The predicted molar refractivity (Wildman–Crippen MR) is 70.4 cm³/mol. The molecule has 6 heteroatoms. The van der Waals surface area contributed by atoms with Gasteiger partial charge in [-0.3, -0.25) is 4.79 Å². The van der Waals surface area contributed by atoms with Gasteiger partial charge in [-0.15, -0.1) is 11.3 Å². The molecule has 0 radical (unpaired) electrons. The van der Waals surface area contributed by atoms with Gasteiger partial charge in [-0.05, 0) is 32.1 Å². The lowest BCUT2D eigenvalue weighted by Gasteiger charge is -2.32. The Morgan fingerprint density at radius 1 is 1.32 bits per heavy atom. The minimum atomic E-state index is -0.911. The van der Waals surface area contributed by atoms with Gasteiger partial charge < -0.3 is 10.0 Å². The van der Waals surface area contributed by atoms with Crippen molar-refractivity contribution in [1.82, 2.24) is 9.88 Å². The molecule has 1 aliphatic heterocycles. The normalized spacial score (nSPS) is 23.4. The monoisotopic (exact) mass is 280 g/mol. The second-order valence-corrected chi connectivity index (χ2v) is 6.08. The highest BCUT2D eigenvalue weighted by Gasteiger charge is 2.34. The number of nitrogens with zero attached hydrogens (tertiary/aromatic N) is 2. The molecule has 2 heterocycles. The van der Waals surface area contributed by atoms with Crippen molar-refractivity contribution < 1.29 is 14.7 Å². The van der Waals surface area contributed by atoms with Crippen molar-refractivity contribution in [3.05, 3.63) is 16.1 Å². The average molecular weight is 280 g/mol. The molecule has 1 aliphatic carbocycles. The standard InChI is InChI=1S/C13H16N2O3S/c16-12(9-7-19-11(14-9)8-4-5-8)15-6-2-1-3-10(15)13(17)18/h7-8,10H,1-6H2,(H,17,18). The van der Waals surface area contributed by atoms with Crippen molar-refractivity contribution in [2.24, 2.45) is 0 Å². The van der Waals surface area contributed by atoms with E-state index in [4.69, 9.17) is 0 Å². The van der Waals surface area contributed by atoms with Gasteiger partial charge in [0.15, 0.2) is 0 Å². The fourth-order valence-corrected chi connectivity index (χ4v) is 3.45. The first-order chi connectivity index (χ1) is 9.16. The minimum Gasteiger partial charge on any atom is -0.480 e. The van der Waals surface area contributed by atoms with Crippen LogP contribution in [0.5, 0.6) is 0 Å². The third kappa shape index (κ3) is 2.49. The molecule has 19 heavy (non-hydrogen) atoms. The fraction of sp³-hybridized carbons (Fsp3) is 0.615. The third-order valence-corrected chi connectivity index (χ3v) is 4.72. The molecule has 0 bridgehead atoms. The smallest absolute Gasteiger partial charge is 0.326 e. The zero-order valence-corrected chi connectivity index (χ0v) is 11.4. The number of thiazole rings is 1. The summed E-state index contributed by atoms with van der Waals surface area (Å²) in [6.07, 6.45) is 4.59. The summed E-state index contributed by atoms with van der Waals surface area (Å²) in [5.41, 5.74) is 0.417. The van der Waals surface area contributed by atoms with E-state index in [-0.39, 0.29) is 5.91 Å². The molecule has 1 atom stereocenters. The zero-order valence-electron chi connectivity index (χ0n) is 10.5. The minimum absolute atomic E-state index is 0.227. The van der Waals surface area contributed by atoms with Crippen molar-refractivity contribution in [2.75, 3.05) is 6.54 Å². The van der Waals surface area contributed by atoms with E-state index in [1.807, 2.05) is 0 Å². The quantitative estimate of drug-likeness (QED) is 0.920. The maximum Gasteiger partial charge on any atom is 0.326 e. The van der Waals surface area contributed by atoms with Gasteiger partial charge in [0.1, 0.15) is 11.7 Å². The summed E-state index contributed by atoms with van der Waals surface area (Å²) >= 11 is 1.52. The summed E-state index contributed by atoms with van der Waals surface area (Å²) in [6.45, 7) is 0.520. The molecule has 3 rings (SSSR count). The molecular formula is C13H16N2O3S. The van der Waals surface area contributed by atoms with E-state index in [9.17, 15) is 14.7 Å². The van der Waals surface area contributed by atoms with Gasteiger partial charge in [0.2, 0.25) is 0 Å². The van der Waals surface area contributed by atoms with Crippen LogP contribution in [0.2, 0.25) is 0 Å². The first-order valence-electron chi connectivity index (χ1n) is 6.66. The summed E-state index contributed by atoms with van der Waals surface area (Å²) in [7, 11) is 0. The number of hydrogen-bond donors (Lipinski definition) is 1. The summed E-state index contributed by atoms with van der Waals surface area (Å²) in [5, 5.41) is 12.0. The van der Waals surface area contributed by atoms with E-state index in [0.29, 0.717) is 24.6 Å². The Morgan fingerprint density at radius 3 is 2.79 bits per heavy atom. The molecule has 2 fully saturated rings. The predicted octanol–water partition coefficient (Wildman–Crippen LogP) is 2.10. The van der Waals surface area contributed by atoms with Gasteiger partial charge in [-0.1, -0.05) is 0 Å². The van der Waals surface area contributed by atoms with Gasteiger partial charge in [0.25, 0.3) is 5.91 Å². The SMILES string of the molecule is O=C(O)C1CCCCN1C(=O)c1csc(C2CC2)n1.